The Balaban J connectivity index is 0.00000180. The van der Waals surface area contributed by atoms with Crippen LogP contribution in [0.2, 0.25) is 0 Å². The van der Waals surface area contributed by atoms with Crippen molar-refractivity contribution >= 4 is 24.3 Å². The van der Waals surface area contributed by atoms with E-state index in [1.54, 1.807) is 0 Å². The van der Waals surface area contributed by atoms with Gasteiger partial charge in [0.1, 0.15) is 0 Å². The van der Waals surface area contributed by atoms with Gasteiger partial charge in [-0.2, -0.15) is 0 Å². The minimum Gasteiger partial charge on any atom is -0.466 e. The van der Waals surface area contributed by atoms with Gasteiger partial charge in [0.2, 0.25) is 5.91 Å². The Morgan fingerprint density at radius 1 is 1.26 bits per heavy atom. The Hall–Kier alpha value is -0.810. The molecule has 2 rings (SSSR count). The monoisotopic (exact) mass is 290 g/mol. The van der Waals surface area contributed by atoms with E-state index in [4.69, 9.17) is 4.74 Å². The lowest BCUT2D eigenvalue weighted by atomic mass is 9.96. The van der Waals surface area contributed by atoms with Crippen molar-refractivity contribution in [2.75, 3.05) is 26.2 Å². The summed E-state index contributed by atoms with van der Waals surface area (Å²) in [6, 6.07) is 0.00384. The molecule has 0 aromatic carbocycles. The van der Waals surface area contributed by atoms with Gasteiger partial charge < -0.3 is 15.0 Å². The first-order valence-electron chi connectivity index (χ1n) is 6.91. The number of hydrogen-bond acceptors (Lipinski definition) is 4. The van der Waals surface area contributed by atoms with Crippen LogP contribution in [0.3, 0.4) is 0 Å². The van der Waals surface area contributed by atoms with E-state index < -0.39 is 0 Å². The molecule has 0 aromatic rings. The minimum absolute atomic E-state index is 0. The molecule has 0 bridgehead atoms. The van der Waals surface area contributed by atoms with Gasteiger partial charge in [0.25, 0.3) is 0 Å². The van der Waals surface area contributed by atoms with Gasteiger partial charge in [-0.3, -0.25) is 9.59 Å². The Morgan fingerprint density at radius 3 is 2.47 bits per heavy atom. The van der Waals surface area contributed by atoms with Crippen LogP contribution in [0, 0.1) is 5.92 Å². The molecule has 0 aliphatic carbocycles. The Labute approximate surface area is 120 Å². The zero-order valence-electron chi connectivity index (χ0n) is 11.4. The third-order valence-corrected chi connectivity index (χ3v) is 3.78. The topological polar surface area (TPSA) is 58.6 Å². The number of halogens is 1. The highest BCUT2D eigenvalue weighted by Gasteiger charge is 2.32. The predicted molar refractivity (Wildman–Crippen MR) is 74.2 cm³/mol. The number of carbonyl (C=O) groups is 2. The van der Waals surface area contributed by atoms with Crippen molar-refractivity contribution in [2.24, 2.45) is 5.92 Å². The predicted octanol–water partition coefficient (Wildman–Crippen LogP) is 0.962. The van der Waals surface area contributed by atoms with Crippen molar-refractivity contribution in [1.82, 2.24) is 10.2 Å². The van der Waals surface area contributed by atoms with Gasteiger partial charge in [-0.05, 0) is 39.2 Å². The summed E-state index contributed by atoms with van der Waals surface area (Å²) in [6.45, 7) is 4.56. The highest BCUT2D eigenvalue weighted by atomic mass is 35.5. The second-order valence-electron chi connectivity index (χ2n) is 5.00. The molecule has 6 heteroatoms. The molecule has 0 spiro atoms. The van der Waals surface area contributed by atoms with E-state index in [1.165, 1.54) is 0 Å². The smallest absolute Gasteiger partial charge is 0.309 e. The molecule has 2 heterocycles. The maximum atomic E-state index is 12.1. The standard InChI is InChI=1S/C13H22N2O3.ClH/c1-2-18-13(17)10-5-8-15(9-6-10)12(16)11-4-3-7-14-11;/h10-11,14H,2-9H2,1H3;1H. The fourth-order valence-corrected chi connectivity index (χ4v) is 2.71. The van der Waals surface area contributed by atoms with Crippen LogP contribution in [0.5, 0.6) is 0 Å². The summed E-state index contributed by atoms with van der Waals surface area (Å²) in [6.07, 6.45) is 3.49. The molecule has 1 atom stereocenters. The van der Waals surface area contributed by atoms with Crippen molar-refractivity contribution in [3.05, 3.63) is 0 Å². The number of likely N-dealkylation sites (tertiary alicyclic amines) is 1. The molecule has 1 unspecified atom stereocenters. The first-order valence-corrected chi connectivity index (χ1v) is 6.91. The number of ether oxygens (including phenoxy) is 1. The summed E-state index contributed by atoms with van der Waals surface area (Å²) in [5.74, 6) is 0.0731. The molecule has 2 aliphatic heterocycles. The van der Waals surface area contributed by atoms with Gasteiger partial charge in [0.15, 0.2) is 0 Å². The van der Waals surface area contributed by atoms with Gasteiger partial charge in [-0.15, -0.1) is 12.4 Å². The summed E-state index contributed by atoms with van der Waals surface area (Å²) in [5, 5.41) is 3.23. The van der Waals surface area contributed by atoms with Gasteiger partial charge in [-0.25, -0.2) is 0 Å². The van der Waals surface area contributed by atoms with E-state index in [-0.39, 0.29) is 36.2 Å². The number of hydrogen-bond donors (Lipinski definition) is 1. The van der Waals surface area contributed by atoms with Crippen molar-refractivity contribution in [2.45, 2.75) is 38.6 Å². The van der Waals surface area contributed by atoms with Crippen molar-refractivity contribution < 1.29 is 14.3 Å². The average Bonchev–Trinajstić information content (AvgIpc) is 2.92. The van der Waals surface area contributed by atoms with E-state index in [2.05, 4.69) is 5.32 Å². The van der Waals surface area contributed by atoms with Crippen molar-refractivity contribution in [1.29, 1.82) is 0 Å². The first kappa shape index (κ1) is 16.2. The number of amides is 1. The maximum Gasteiger partial charge on any atom is 0.309 e. The van der Waals surface area contributed by atoms with Crippen molar-refractivity contribution in [3.8, 4) is 0 Å². The van der Waals surface area contributed by atoms with E-state index in [0.717, 1.165) is 32.2 Å². The highest BCUT2D eigenvalue weighted by molar-refractivity contribution is 5.85. The third-order valence-electron chi connectivity index (χ3n) is 3.78. The number of rotatable bonds is 3. The molecule has 19 heavy (non-hydrogen) atoms. The lowest BCUT2D eigenvalue weighted by Gasteiger charge is -2.32. The molecular formula is C13H23ClN2O3. The summed E-state index contributed by atoms with van der Waals surface area (Å²) in [7, 11) is 0. The number of carbonyl (C=O) groups excluding carboxylic acids is 2. The van der Waals surface area contributed by atoms with E-state index in [9.17, 15) is 9.59 Å². The number of nitrogens with one attached hydrogen (secondary N) is 1. The maximum absolute atomic E-state index is 12.1. The Bertz CT molecular complexity index is 311. The molecule has 0 saturated carbocycles. The van der Waals surface area contributed by atoms with Crippen LogP contribution < -0.4 is 5.32 Å². The molecule has 5 nitrogen and oxygen atoms in total. The van der Waals surface area contributed by atoms with Crippen LogP contribution in [0.25, 0.3) is 0 Å². The first-order chi connectivity index (χ1) is 8.72. The molecule has 2 aliphatic rings. The third kappa shape index (κ3) is 4.08. The summed E-state index contributed by atoms with van der Waals surface area (Å²) in [5.41, 5.74) is 0. The molecule has 110 valence electrons. The fraction of sp³-hybridized carbons (Fsp3) is 0.846. The SMILES string of the molecule is CCOC(=O)C1CCN(C(=O)C2CCCN2)CC1.Cl. The largest absolute Gasteiger partial charge is 0.466 e. The van der Waals surface area contributed by atoms with E-state index in [0.29, 0.717) is 19.7 Å². The van der Waals surface area contributed by atoms with Crippen LogP contribution in [0.1, 0.15) is 32.6 Å². The van der Waals surface area contributed by atoms with Gasteiger partial charge >= 0.3 is 5.97 Å². The molecule has 0 radical (unpaired) electrons. The van der Waals surface area contributed by atoms with Crippen LogP contribution in [0.15, 0.2) is 0 Å². The van der Waals surface area contributed by atoms with Crippen molar-refractivity contribution in [3.63, 3.8) is 0 Å². The molecule has 0 aromatic heterocycles. The Morgan fingerprint density at radius 2 is 1.95 bits per heavy atom. The van der Waals surface area contributed by atoms with Crippen LogP contribution >= 0.6 is 12.4 Å². The summed E-state index contributed by atoms with van der Waals surface area (Å²) >= 11 is 0. The van der Waals surface area contributed by atoms with Gasteiger partial charge in [0.05, 0.1) is 18.6 Å². The van der Waals surface area contributed by atoms with Gasteiger partial charge in [-0.1, -0.05) is 0 Å². The Kier molecular flexibility index (Phi) is 6.58. The normalized spacial score (nSPS) is 23.8. The van der Waals surface area contributed by atoms with Crippen LogP contribution in [0.4, 0.5) is 0 Å². The zero-order valence-corrected chi connectivity index (χ0v) is 12.2. The molecule has 2 fully saturated rings. The summed E-state index contributed by atoms with van der Waals surface area (Å²) < 4.78 is 5.02. The second kappa shape index (κ2) is 7.70. The zero-order chi connectivity index (χ0) is 13.0. The van der Waals surface area contributed by atoms with Crippen LogP contribution in [-0.2, 0) is 14.3 Å². The molecule has 2 saturated heterocycles. The quantitative estimate of drug-likeness (QED) is 0.787. The number of esters is 1. The number of piperidine rings is 1. The summed E-state index contributed by atoms with van der Waals surface area (Å²) in [4.78, 5) is 25.6. The van der Waals surface area contributed by atoms with Gasteiger partial charge in [0, 0.05) is 13.1 Å². The lowest BCUT2D eigenvalue weighted by molar-refractivity contribution is -0.151. The van der Waals surface area contributed by atoms with Crippen LogP contribution in [-0.4, -0.2) is 49.1 Å². The fourth-order valence-electron chi connectivity index (χ4n) is 2.71. The number of nitrogens with zero attached hydrogens (tertiary/aromatic N) is 1. The van der Waals surface area contributed by atoms with E-state index >= 15 is 0 Å². The second-order valence-corrected chi connectivity index (χ2v) is 5.00. The molecular weight excluding hydrogens is 268 g/mol. The highest BCUT2D eigenvalue weighted by Crippen LogP contribution is 2.20. The average molecular weight is 291 g/mol. The minimum atomic E-state index is -0.108. The lowest BCUT2D eigenvalue weighted by Crippen LogP contribution is -2.47. The molecule has 1 amide bonds. The molecule has 1 N–H and O–H groups in total. The van der Waals surface area contributed by atoms with E-state index in [1.807, 2.05) is 11.8 Å².